The Bertz CT molecular complexity index is 330. The fourth-order valence-corrected chi connectivity index (χ4v) is 3.64. The van der Waals surface area contributed by atoms with Crippen LogP contribution in [-0.2, 0) is 9.59 Å². The second kappa shape index (κ2) is 3.33. The zero-order chi connectivity index (χ0) is 11.4. The smallest absolute Gasteiger partial charge is 0.232 e. The van der Waals surface area contributed by atoms with Crippen LogP contribution in [0.2, 0.25) is 11.6 Å². The number of fused-ring (bicyclic) bond motifs is 5. The molecule has 4 unspecified atom stereocenters. The molecule has 3 fully saturated rings. The predicted molar refractivity (Wildman–Crippen MR) is 59.8 cm³/mol. The van der Waals surface area contributed by atoms with Crippen LogP contribution in [0, 0.1) is 11.8 Å². The molecule has 16 heavy (non-hydrogen) atoms. The highest BCUT2D eigenvalue weighted by Gasteiger charge is 2.60. The maximum absolute atomic E-state index is 12.2. The number of hydrogen-bond acceptors (Lipinski definition) is 3. The van der Waals surface area contributed by atoms with Gasteiger partial charge >= 0.3 is 0 Å². The van der Waals surface area contributed by atoms with Gasteiger partial charge in [0.2, 0.25) is 11.8 Å². The molecule has 3 aliphatic heterocycles. The largest absolute Gasteiger partial charge is 0.326 e. The first-order chi connectivity index (χ1) is 7.59. The molecule has 85 valence electrons. The molecule has 3 aliphatic rings. The third-order valence-corrected chi connectivity index (χ3v) is 4.21. The molecule has 5 heteroatoms. The molecule has 2 amide bonds. The number of carbonyl (C=O) groups excluding carboxylic acids is 2. The van der Waals surface area contributed by atoms with Gasteiger partial charge in [0.25, 0.3) is 0 Å². The van der Waals surface area contributed by atoms with Crippen LogP contribution in [-0.4, -0.2) is 36.6 Å². The van der Waals surface area contributed by atoms with Gasteiger partial charge in [-0.2, -0.15) is 0 Å². The molecule has 3 saturated heterocycles. The van der Waals surface area contributed by atoms with Crippen molar-refractivity contribution in [2.75, 3.05) is 6.54 Å². The molecule has 1 radical (unpaired) electrons. The Kier molecular flexibility index (Phi) is 2.15. The van der Waals surface area contributed by atoms with Gasteiger partial charge in [-0.05, 0) is 6.92 Å². The monoisotopic (exact) mass is 219 g/mol. The standard InChI is InChI=1S/C11H16BN2O2/c1-5(13)4-14-10(15)8-6-2-3-7(12-6)9(8)11(14)16/h5-9H,2-4,13H2,1H3/t5-,6?,7?,8?,9?/m0/s1. The van der Waals surface area contributed by atoms with E-state index in [2.05, 4.69) is 7.28 Å². The summed E-state index contributed by atoms with van der Waals surface area (Å²) in [6.45, 7) is 2.21. The molecule has 2 bridgehead atoms. The van der Waals surface area contributed by atoms with E-state index in [1.165, 1.54) is 4.90 Å². The first kappa shape index (κ1) is 10.3. The van der Waals surface area contributed by atoms with E-state index in [1.54, 1.807) is 0 Å². The van der Waals surface area contributed by atoms with Crippen molar-refractivity contribution in [3.8, 4) is 0 Å². The van der Waals surface area contributed by atoms with Crippen molar-refractivity contribution in [3.63, 3.8) is 0 Å². The minimum absolute atomic E-state index is 0.0238. The minimum Gasteiger partial charge on any atom is -0.326 e. The maximum atomic E-state index is 12.2. The van der Waals surface area contributed by atoms with E-state index in [4.69, 9.17) is 5.73 Å². The summed E-state index contributed by atoms with van der Waals surface area (Å²) in [5.41, 5.74) is 5.68. The second-order valence-electron chi connectivity index (χ2n) is 5.41. The minimum atomic E-state index is -0.131. The van der Waals surface area contributed by atoms with Gasteiger partial charge in [-0.1, -0.05) is 24.5 Å². The molecule has 0 aromatic rings. The molecule has 0 aromatic carbocycles. The van der Waals surface area contributed by atoms with Gasteiger partial charge in [-0.15, -0.1) is 0 Å². The topological polar surface area (TPSA) is 63.4 Å². The molecule has 3 rings (SSSR count). The van der Waals surface area contributed by atoms with Crippen molar-refractivity contribution in [3.05, 3.63) is 0 Å². The predicted octanol–water partition coefficient (Wildman–Crippen LogP) is 0.0234. The molecular formula is C11H16BN2O2. The van der Waals surface area contributed by atoms with Gasteiger partial charge in [0.15, 0.2) is 0 Å². The normalized spacial score (nSPS) is 42.5. The number of rotatable bonds is 2. The Balaban J connectivity index is 1.86. The second-order valence-corrected chi connectivity index (χ2v) is 5.41. The lowest BCUT2D eigenvalue weighted by Gasteiger charge is -2.20. The lowest BCUT2D eigenvalue weighted by Crippen LogP contribution is -2.40. The van der Waals surface area contributed by atoms with Crippen molar-refractivity contribution < 1.29 is 9.59 Å². The van der Waals surface area contributed by atoms with Crippen LogP contribution in [0.15, 0.2) is 0 Å². The first-order valence-electron chi connectivity index (χ1n) is 6.05. The number of nitrogens with zero attached hydrogens (tertiary/aromatic N) is 1. The Hall–Kier alpha value is -0.835. The van der Waals surface area contributed by atoms with Gasteiger partial charge in [-0.3, -0.25) is 14.5 Å². The first-order valence-corrected chi connectivity index (χ1v) is 6.05. The molecule has 0 saturated carbocycles. The molecular weight excluding hydrogens is 203 g/mol. The van der Waals surface area contributed by atoms with Gasteiger partial charge < -0.3 is 5.73 Å². The number of likely N-dealkylation sites (tertiary alicyclic amines) is 1. The van der Waals surface area contributed by atoms with Crippen LogP contribution < -0.4 is 5.73 Å². The fourth-order valence-electron chi connectivity index (χ4n) is 3.64. The number of hydrogen-bond donors (Lipinski definition) is 1. The Morgan fingerprint density at radius 1 is 1.31 bits per heavy atom. The molecule has 2 N–H and O–H groups in total. The summed E-state index contributed by atoms with van der Waals surface area (Å²) in [6.07, 6.45) is 2.16. The lowest BCUT2D eigenvalue weighted by atomic mass is 9.64. The quantitative estimate of drug-likeness (QED) is 0.526. The Morgan fingerprint density at radius 2 is 1.81 bits per heavy atom. The maximum Gasteiger partial charge on any atom is 0.232 e. The van der Waals surface area contributed by atoms with Crippen LogP contribution in [0.1, 0.15) is 19.8 Å². The summed E-state index contributed by atoms with van der Waals surface area (Å²) in [5.74, 6) is 0.649. The highest BCUT2D eigenvalue weighted by molar-refractivity contribution is 6.45. The van der Waals surface area contributed by atoms with Gasteiger partial charge in [0, 0.05) is 24.4 Å². The highest BCUT2D eigenvalue weighted by atomic mass is 16.2. The molecule has 4 nitrogen and oxygen atoms in total. The lowest BCUT2D eigenvalue weighted by molar-refractivity contribution is -0.140. The number of imide groups is 1. The van der Waals surface area contributed by atoms with Crippen molar-refractivity contribution in [1.82, 2.24) is 4.90 Å². The molecule has 3 heterocycles. The van der Waals surface area contributed by atoms with E-state index in [0.29, 0.717) is 18.2 Å². The highest BCUT2D eigenvalue weighted by Crippen LogP contribution is 2.58. The van der Waals surface area contributed by atoms with Crippen molar-refractivity contribution in [2.24, 2.45) is 17.6 Å². The Morgan fingerprint density at radius 3 is 2.25 bits per heavy atom. The summed E-state index contributed by atoms with van der Waals surface area (Å²) in [7, 11) is 2.23. The number of nitrogens with two attached hydrogens (primary N) is 1. The zero-order valence-corrected chi connectivity index (χ0v) is 9.43. The summed E-state index contributed by atoms with van der Waals surface area (Å²) < 4.78 is 0. The van der Waals surface area contributed by atoms with Gasteiger partial charge in [0.05, 0.1) is 0 Å². The van der Waals surface area contributed by atoms with Crippen LogP contribution in [0.5, 0.6) is 0 Å². The van der Waals surface area contributed by atoms with Crippen molar-refractivity contribution >= 4 is 19.1 Å². The van der Waals surface area contributed by atoms with E-state index in [0.717, 1.165) is 12.8 Å². The summed E-state index contributed by atoms with van der Waals surface area (Å²) >= 11 is 0. The molecule has 0 aliphatic carbocycles. The van der Waals surface area contributed by atoms with E-state index < -0.39 is 0 Å². The third kappa shape index (κ3) is 1.21. The fraction of sp³-hybridized carbons (Fsp3) is 0.818. The van der Waals surface area contributed by atoms with Gasteiger partial charge in [-0.25, -0.2) is 0 Å². The summed E-state index contributed by atoms with van der Waals surface area (Å²) in [5, 5.41) is 0. The molecule has 0 spiro atoms. The third-order valence-electron chi connectivity index (χ3n) is 4.21. The van der Waals surface area contributed by atoms with E-state index >= 15 is 0 Å². The van der Waals surface area contributed by atoms with Crippen LogP contribution in [0.4, 0.5) is 0 Å². The van der Waals surface area contributed by atoms with Gasteiger partial charge in [0.1, 0.15) is 7.28 Å². The van der Waals surface area contributed by atoms with E-state index in [9.17, 15) is 9.59 Å². The average molecular weight is 219 g/mol. The van der Waals surface area contributed by atoms with Crippen LogP contribution in [0.25, 0.3) is 0 Å². The van der Waals surface area contributed by atoms with Crippen molar-refractivity contribution in [2.45, 2.75) is 37.4 Å². The van der Waals surface area contributed by atoms with Crippen LogP contribution >= 0.6 is 0 Å². The molecule has 0 aromatic heterocycles. The number of amides is 2. The van der Waals surface area contributed by atoms with E-state index in [1.807, 2.05) is 6.92 Å². The zero-order valence-electron chi connectivity index (χ0n) is 9.43. The SMILES string of the molecule is C[C@H](N)CN1C(=O)C2C3[B]C(CC3)C2C1=O. The average Bonchev–Trinajstić information content (AvgIpc) is 2.87. The summed E-state index contributed by atoms with van der Waals surface area (Å²) in [4.78, 5) is 25.7. The summed E-state index contributed by atoms with van der Waals surface area (Å²) in [6, 6.07) is -0.131. The van der Waals surface area contributed by atoms with Crippen molar-refractivity contribution in [1.29, 1.82) is 0 Å². The Labute approximate surface area is 95.8 Å². The number of carbonyl (C=O) groups is 2. The van der Waals surface area contributed by atoms with Crippen LogP contribution in [0.3, 0.4) is 0 Å². The van der Waals surface area contributed by atoms with E-state index in [-0.39, 0.29) is 29.7 Å². The molecule has 5 atom stereocenters.